The summed E-state index contributed by atoms with van der Waals surface area (Å²) in [5.41, 5.74) is 6.73. The van der Waals surface area contributed by atoms with Gasteiger partial charge in [0.15, 0.2) is 0 Å². The van der Waals surface area contributed by atoms with Gasteiger partial charge in [-0.2, -0.15) is 0 Å². The van der Waals surface area contributed by atoms with Gasteiger partial charge in [0, 0.05) is 5.69 Å². The number of benzene rings is 1. The monoisotopic (exact) mass is 287 g/mol. The Morgan fingerprint density at radius 2 is 2.23 bits per heavy atom. The number of rotatable bonds is 0. The lowest BCUT2D eigenvalue weighted by atomic mass is 10.2. The lowest BCUT2D eigenvalue weighted by molar-refractivity contribution is 1.14. The molecule has 5 heteroatoms. The quantitative estimate of drug-likeness (QED) is 0.584. The van der Waals surface area contributed by atoms with Crippen LogP contribution in [0.25, 0.3) is 10.9 Å². The maximum absolute atomic E-state index is 11.5. The highest BCUT2D eigenvalue weighted by molar-refractivity contribution is 14.1. The Balaban J connectivity index is 2.97. The molecule has 2 N–H and O–H groups in total. The molecule has 2 rings (SSSR count). The number of nitrogens with zero attached hydrogens (tertiary/aromatic N) is 2. The van der Waals surface area contributed by atoms with E-state index in [1.807, 2.05) is 22.9 Å². The second-order valence-corrected chi connectivity index (χ2v) is 3.68. The van der Waals surface area contributed by atoms with Crippen LogP contribution in [0.2, 0.25) is 0 Å². The van der Waals surface area contributed by atoms with E-state index in [0.29, 0.717) is 16.6 Å². The first-order chi connectivity index (χ1) is 6.18. The van der Waals surface area contributed by atoms with Gasteiger partial charge >= 0.3 is 0 Å². The molecule has 1 aromatic heterocycles. The molecule has 0 saturated carbocycles. The van der Waals surface area contributed by atoms with Crippen molar-refractivity contribution in [1.29, 1.82) is 0 Å². The predicted octanol–water partition coefficient (Wildman–Crippen LogP) is 1.18. The molecular weight excluding hydrogens is 281 g/mol. The normalized spacial score (nSPS) is 10.5. The van der Waals surface area contributed by atoms with E-state index in [9.17, 15) is 4.79 Å². The summed E-state index contributed by atoms with van der Waals surface area (Å²) in [6.45, 7) is 0. The largest absolute Gasteiger partial charge is 0.399 e. The first-order valence-electron chi connectivity index (χ1n) is 3.61. The van der Waals surface area contributed by atoms with Gasteiger partial charge in [0.2, 0.25) is 0 Å². The van der Waals surface area contributed by atoms with Crippen LogP contribution >= 0.6 is 22.9 Å². The minimum atomic E-state index is -0.0853. The van der Waals surface area contributed by atoms with Gasteiger partial charge in [0.25, 0.3) is 5.56 Å². The summed E-state index contributed by atoms with van der Waals surface area (Å²) < 4.78 is 1.40. The van der Waals surface area contributed by atoms with Crippen molar-refractivity contribution in [3.05, 3.63) is 34.9 Å². The van der Waals surface area contributed by atoms with Gasteiger partial charge < -0.3 is 5.73 Å². The third-order valence-electron chi connectivity index (χ3n) is 1.74. The highest BCUT2D eigenvalue weighted by atomic mass is 127. The number of hydrogen-bond acceptors (Lipinski definition) is 3. The Kier molecular flexibility index (Phi) is 1.95. The second-order valence-electron chi connectivity index (χ2n) is 2.64. The van der Waals surface area contributed by atoms with Crippen LogP contribution < -0.4 is 11.3 Å². The Labute approximate surface area is 87.9 Å². The van der Waals surface area contributed by atoms with E-state index < -0.39 is 0 Å². The zero-order chi connectivity index (χ0) is 9.42. The van der Waals surface area contributed by atoms with Crippen molar-refractivity contribution in [1.82, 2.24) is 7.76 Å². The molecule has 0 amide bonds. The van der Waals surface area contributed by atoms with Crippen LogP contribution in [0.15, 0.2) is 29.3 Å². The Hall–Kier alpha value is -1.11. The first kappa shape index (κ1) is 8.49. The van der Waals surface area contributed by atoms with E-state index in [4.69, 9.17) is 5.73 Å². The Morgan fingerprint density at radius 3 is 3.00 bits per heavy atom. The van der Waals surface area contributed by atoms with E-state index in [0.717, 1.165) is 0 Å². The minimum absolute atomic E-state index is 0.0853. The van der Waals surface area contributed by atoms with Crippen LogP contribution in [-0.4, -0.2) is 7.76 Å². The molecule has 0 aliphatic rings. The molecule has 0 atom stereocenters. The molecule has 0 fully saturated rings. The molecule has 13 heavy (non-hydrogen) atoms. The standard InChI is InChI=1S/C8H6IN3O/c9-12-4-11-7-2-1-5(10)3-6(7)8(12)13/h1-4H,10H2. The number of hydrogen-bond donors (Lipinski definition) is 1. The minimum Gasteiger partial charge on any atom is -0.399 e. The summed E-state index contributed by atoms with van der Waals surface area (Å²) >= 11 is 1.88. The lowest BCUT2D eigenvalue weighted by Gasteiger charge is -1.98. The summed E-state index contributed by atoms with van der Waals surface area (Å²) in [6.07, 6.45) is 1.49. The summed E-state index contributed by atoms with van der Waals surface area (Å²) in [5.74, 6) is 0. The summed E-state index contributed by atoms with van der Waals surface area (Å²) in [7, 11) is 0. The number of fused-ring (bicyclic) bond motifs is 1. The molecule has 0 radical (unpaired) electrons. The van der Waals surface area contributed by atoms with Crippen molar-refractivity contribution >= 4 is 39.5 Å². The van der Waals surface area contributed by atoms with Crippen molar-refractivity contribution in [2.75, 3.05) is 5.73 Å². The van der Waals surface area contributed by atoms with Crippen LogP contribution in [0.5, 0.6) is 0 Å². The van der Waals surface area contributed by atoms with Gasteiger partial charge in [-0.25, -0.2) is 7.76 Å². The molecular formula is C8H6IN3O. The van der Waals surface area contributed by atoms with Crippen LogP contribution in [0, 0.1) is 0 Å². The second kappa shape index (κ2) is 2.99. The summed E-state index contributed by atoms with van der Waals surface area (Å²) in [5, 5.41) is 0.553. The zero-order valence-electron chi connectivity index (χ0n) is 6.57. The van der Waals surface area contributed by atoms with Crippen LogP contribution in [0.1, 0.15) is 0 Å². The predicted molar refractivity (Wildman–Crippen MR) is 59.8 cm³/mol. The molecule has 0 unspecified atom stereocenters. The van der Waals surface area contributed by atoms with Gasteiger partial charge in [0.05, 0.1) is 33.8 Å². The van der Waals surface area contributed by atoms with E-state index in [1.54, 1.807) is 18.2 Å². The molecule has 4 nitrogen and oxygen atoms in total. The van der Waals surface area contributed by atoms with E-state index in [-0.39, 0.29) is 5.56 Å². The number of aromatic nitrogens is 2. The fraction of sp³-hybridized carbons (Fsp3) is 0. The maximum atomic E-state index is 11.5. The Bertz CT molecular complexity index is 515. The van der Waals surface area contributed by atoms with Crippen molar-refractivity contribution < 1.29 is 0 Å². The highest BCUT2D eigenvalue weighted by Crippen LogP contribution is 2.11. The fourth-order valence-corrected chi connectivity index (χ4v) is 1.50. The smallest absolute Gasteiger partial charge is 0.270 e. The SMILES string of the molecule is Nc1ccc2ncn(I)c(=O)c2c1. The van der Waals surface area contributed by atoms with Crippen LogP contribution in [0.4, 0.5) is 5.69 Å². The number of nitrogens with two attached hydrogens (primary N) is 1. The zero-order valence-corrected chi connectivity index (χ0v) is 8.72. The molecule has 0 bridgehead atoms. The van der Waals surface area contributed by atoms with Crippen molar-refractivity contribution in [2.24, 2.45) is 0 Å². The average molecular weight is 287 g/mol. The van der Waals surface area contributed by atoms with Gasteiger partial charge in [0.1, 0.15) is 6.33 Å². The Morgan fingerprint density at radius 1 is 1.46 bits per heavy atom. The molecule has 1 aromatic carbocycles. The van der Waals surface area contributed by atoms with E-state index >= 15 is 0 Å². The molecule has 0 aliphatic heterocycles. The van der Waals surface area contributed by atoms with Gasteiger partial charge in [-0.3, -0.25) is 4.79 Å². The molecule has 1 heterocycles. The summed E-state index contributed by atoms with van der Waals surface area (Å²) in [4.78, 5) is 15.6. The van der Waals surface area contributed by atoms with Crippen LogP contribution in [0.3, 0.4) is 0 Å². The third-order valence-corrected chi connectivity index (χ3v) is 2.43. The topological polar surface area (TPSA) is 60.9 Å². The van der Waals surface area contributed by atoms with Crippen molar-refractivity contribution in [3.63, 3.8) is 0 Å². The van der Waals surface area contributed by atoms with Crippen molar-refractivity contribution in [2.45, 2.75) is 0 Å². The number of anilines is 1. The van der Waals surface area contributed by atoms with Gasteiger partial charge in [-0.15, -0.1) is 0 Å². The molecule has 0 saturated heterocycles. The lowest BCUT2D eigenvalue weighted by Crippen LogP contribution is -2.12. The van der Waals surface area contributed by atoms with Gasteiger partial charge in [-0.1, -0.05) is 0 Å². The fourth-order valence-electron chi connectivity index (χ4n) is 1.12. The summed E-state index contributed by atoms with van der Waals surface area (Å²) in [6, 6.07) is 5.11. The van der Waals surface area contributed by atoms with E-state index in [2.05, 4.69) is 4.98 Å². The molecule has 0 aliphatic carbocycles. The average Bonchev–Trinajstić information content (AvgIpc) is 2.12. The van der Waals surface area contributed by atoms with E-state index in [1.165, 1.54) is 9.11 Å². The first-order valence-corrected chi connectivity index (χ1v) is 4.58. The maximum Gasteiger partial charge on any atom is 0.270 e. The van der Waals surface area contributed by atoms with Gasteiger partial charge in [-0.05, 0) is 18.2 Å². The number of nitrogen functional groups attached to an aromatic ring is 1. The third kappa shape index (κ3) is 1.39. The molecule has 66 valence electrons. The molecule has 2 aromatic rings. The number of halogens is 1. The van der Waals surface area contributed by atoms with Crippen molar-refractivity contribution in [3.8, 4) is 0 Å². The van der Waals surface area contributed by atoms with Crippen LogP contribution in [-0.2, 0) is 0 Å². The highest BCUT2D eigenvalue weighted by Gasteiger charge is 2.01. The molecule has 0 spiro atoms.